The molecule has 3 aromatic rings. The van der Waals surface area contributed by atoms with Gasteiger partial charge in [-0.1, -0.05) is 34.1 Å². The van der Waals surface area contributed by atoms with Crippen molar-refractivity contribution >= 4 is 32.7 Å². The van der Waals surface area contributed by atoms with E-state index in [0.717, 1.165) is 15.7 Å². The van der Waals surface area contributed by atoms with Crippen molar-refractivity contribution in [1.82, 2.24) is 4.98 Å². The summed E-state index contributed by atoms with van der Waals surface area (Å²) in [4.78, 5) is 4.35. The van der Waals surface area contributed by atoms with E-state index < -0.39 is 0 Å². The number of rotatable bonds is 3. The molecular formula is C14H11BrN2O2. The molecule has 0 fully saturated rings. The highest BCUT2D eigenvalue weighted by molar-refractivity contribution is 9.10. The van der Waals surface area contributed by atoms with Gasteiger partial charge in [0, 0.05) is 4.47 Å². The van der Waals surface area contributed by atoms with Crippen LogP contribution >= 0.6 is 15.9 Å². The van der Waals surface area contributed by atoms with E-state index in [1.165, 1.54) is 0 Å². The van der Waals surface area contributed by atoms with Gasteiger partial charge in [0.05, 0.1) is 5.69 Å². The molecule has 0 bridgehead atoms. The van der Waals surface area contributed by atoms with Gasteiger partial charge in [-0.15, -0.1) is 0 Å². The van der Waals surface area contributed by atoms with Gasteiger partial charge in [-0.2, -0.15) is 0 Å². The van der Waals surface area contributed by atoms with E-state index in [0.29, 0.717) is 17.2 Å². The highest BCUT2D eigenvalue weighted by Crippen LogP contribution is 2.27. The molecule has 2 N–H and O–H groups in total. The molecule has 96 valence electrons. The molecule has 0 amide bonds. The fraction of sp³-hybridized carbons (Fsp3) is 0.0714. The molecule has 4 nitrogen and oxygen atoms in total. The standard InChI is InChI=1S/C14H11BrN2O2/c15-9-6-11(16)14-12(7-9)17-13(19-14)8-18-10-4-2-1-3-5-10/h1-7H,8,16H2. The Morgan fingerprint density at radius 3 is 2.79 bits per heavy atom. The van der Waals surface area contributed by atoms with Crippen molar-refractivity contribution in [3.8, 4) is 5.75 Å². The second-order valence-corrected chi connectivity index (χ2v) is 4.97. The molecule has 0 saturated heterocycles. The van der Waals surface area contributed by atoms with Gasteiger partial charge in [-0.3, -0.25) is 0 Å². The third-order valence-electron chi connectivity index (χ3n) is 2.63. The third kappa shape index (κ3) is 2.56. The molecule has 0 aliphatic carbocycles. The lowest BCUT2D eigenvalue weighted by Crippen LogP contribution is -1.94. The molecule has 0 aliphatic heterocycles. The largest absolute Gasteiger partial charge is 0.484 e. The predicted octanol–water partition coefficient (Wildman–Crippen LogP) is 3.75. The summed E-state index contributed by atoms with van der Waals surface area (Å²) in [7, 11) is 0. The van der Waals surface area contributed by atoms with Crippen molar-refractivity contribution < 1.29 is 9.15 Å². The minimum Gasteiger partial charge on any atom is -0.484 e. The van der Waals surface area contributed by atoms with Crippen LogP contribution in [0.15, 0.2) is 51.4 Å². The van der Waals surface area contributed by atoms with Crippen LogP contribution in [-0.4, -0.2) is 4.98 Å². The number of nitrogens with two attached hydrogens (primary N) is 1. The van der Waals surface area contributed by atoms with Crippen LogP contribution in [0.5, 0.6) is 5.75 Å². The molecule has 0 saturated carbocycles. The number of benzene rings is 2. The number of ether oxygens (including phenoxy) is 1. The maximum Gasteiger partial charge on any atom is 0.233 e. The lowest BCUT2D eigenvalue weighted by Gasteiger charge is -2.01. The number of fused-ring (bicyclic) bond motifs is 1. The Labute approximate surface area is 118 Å². The van der Waals surface area contributed by atoms with Gasteiger partial charge in [0.15, 0.2) is 12.2 Å². The quantitative estimate of drug-likeness (QED) is 0.747. The van der Waals surface area contributed by atoms with Gasteiger partial charge in [0.25, 0.3) is 0 Å². The summed E-state index contributed by atoms with van der Waals surface area (Å²) in [6.45, 7) is 0.274. The van der Waals surface area contributed by atoms with Crippen molar-refractivity contribution in [1.29, 1.82) is 0 Å². The number of nitrogens with zero attached hydrogens (tertiary/aromatic N) is 1. The first-order valence-corrected chi connectivity index (χ1v) is 6.54. The molecule has 0 spiro atoms. The Morgan fingerprint density at radius 1 is 1.21 bits per heavy atom. The normalized spacial score (nSPS) is 10.8. The summed E-state index contributed by atoms with van der Waals surface area (Å²) in [6.07, 6.45) is 0. The van der Waals surface area contributed by atoms with Crippen LogP contribution in [0.25, 0.3) is 11.1 Å². The van der Waals surface area contributed by atoms with E-state index in [1.807, 2.05) is 36.4 Å². The molecule has 0 radical (unpaired) electrons. The number of para-hydroxylation sites is 1. The van der Waals surface area contributed by atoms with Crippen molar-refractivity contribution in [3.63, 3.8) is 0 Å². The number of anilines is 1. The van der Waals surface area contributed by atoms with Gasteiger partial charge in [-0.05, 0) is 24.3 Å². The summed E-state index contributed by atoms with van der Waals surface area (Å²) in [6, 6.07) is 13.2. The Balaban J connectivity index is 1.84. The first-order chi connectivity index (χ1) is 9.22. The van der Waals surface area contributed by atoms with Crippen molar-refractivity contribution in [2.75, 3.05) is 5.73 Å². The number of hydrogen-bond acceptors (Lipinski definition) is 4. The first kappa shape index (κ1) is 12.0. The zero-order valence-corrected chi connectivity index (χ0v) is 11.6. The monoisotopic (exact) mass is 318 g/mol. The lowest BCUT2D eigenvalue weighted by molar-refractivity contribution is 0.267. The maximum atomic E-state index is 5.87. The lowest BCUT2D eigenvalue weighted by atomic mass is 10.3. The zero-order chi connectivity index (χ0) is 13.2. The van der Waals surface area contributed by atoms with Gasteiger partial charge in [-0.25, -0.2) is 4.98 Å². The summed E-state index contributed by atoms with van der Waals surface area (Å²) in [5.74, 6) is 1.28. The van der Waals surface area contributed by atoms with Gasteiger partial charge < -0.3 is 14.9 Å². The van der Waals surface area contributed by atoms with Crippen molar-refractivity contribution in [2.24, 2.45) is 0 Å². The fourth-order valence-electron chi connectivity index (χ4n) is 1.79. The summed E-state index contributed by atoms with van der Waals surface area (Å²) < 4.78 is 12.1. The molecule has 0 unspecified atom stereocenters. The topological polar surface area (TPSA) is 61.3 Å². The van der Waals surface area contributed by atoms with E-state index in [1.54, 1.807) is 6.07 Å². The smallest absolute Gasteiger partial charge is 0.233 e. The van der Waals surface area contributed by atoms with Crippen LogP contribution in [0.3, 0.4) is 0 Å². The average Bonchev–Trinajstić information content (AvgIpc) is 2.81. The third-order valence-corrected chi connectivity index (χ3v) is 3.09. The number of hydrogen-bond donors (Lipinski definition) is 1. The average molecular weight is 319 g/mol. The van der Waals surface area contributed by atoms with Crippen molar-refractivity contribution in [3.05, 3.63) is 52.8 Å². The molecule has 0 atom stereocenters. The highest BCUT2D eigenvalue weighted by atomic mass is 79.9. The minimum absolute atomic E-state index is 0.274. The van der Waals surface area contributed by atoms with E-state index in [4.69, 9.17) is 14.9 Å². The van der Waals surface area contributed by atoms with Crippen molar-refractivity contribution in [2.45, 2.75) is 6.61 Å². The predicted molar refractivity (Wildman–Crippen MR) is 76.9 cm³/mol. The van der Waals surface area contributed by atoms with Crippen LogP contribution < -0.4 is 10.5 Å². The molecule has 0 aliphatic rings. The molecule has 3 rings (SSSR count). The SMILES string of the molecule is Nc1cc(Br)cc2nc(COc3ccccc3)oc12. The Hall–Kier alpha value is -2.01. The van der Waals surface area contributed by atoms with Crippen LogP contribution in [0, 0.1) is 0 Å². The molecular weight excluding hydrogens is 308 g/mol. The summed E-state index contributed by atoms with van der Waals surface area (Å²) in [5.41, 5.74) is 7.74. The summed E-state index contributed by atoms with van der Waals surface area (Å²) >= 11 is 3.38. The second-order valence-electron chi connectivity index (χ2n) is 4.05. The Kier molecular flexibility index (Phi) is 3.13. The second kappa shape index (κ2) is 4.93. The summed E-state index contributed by atoms with van der Waals surface area (Å²) in [5, 5.41) is 0. The van der Waals surface area contributed by atoms with Gasteiger partial charge >= 0.3 is 0 Å². The van der Waals surface area contributed by atoms with Gasteiger partial charge in [0.2, 0.25) is 5.89 Å². The number of halogens is 1. The van der Waals surface area contributed by atoms with E-state index in [9.17, 15) is 0 Å². The van der Waals surface area contributed by atoms with E-state index in [-0.39, 0.29) is 6.61 Å². The number of nitrogen functional groups attached to an aromatic ring is 1. The van der Waals surface area contributed by atoms with Crippen LogP contribution in [0.4, 0.5) is 5.69 Å². The molecule has 19 heavy (non-hydrogen) atoms. The first-order valence-electron chi connectivity index (χ1n) is 5.74. The van der Waals surface area contributed by atoms with E-state index >= 15 is 0 Å². The number of oxazole rings is 1. The van der Waals surface area contributed by atoms with Gasteiger partial charge in [0.1, 0.15) is 11.3 Å². The van der Waals surface area contributed by atoms with E-state index in [2.05, 4.69) is 20.9 Å². The Bertz CT molecular complexity index is 710. The zero-order valence-electron chi connectivity index (χ0n) is 9.97. The van der Waals surface area contributed by atoms with Crippen LogP contribution in [-0.2, 0) is 6.61 Å². The molecule has 2 aromatic carbocycles. The molecule has 1 aromatic heterocycles. The minimum atomic E-state index is 0.274. The Morgan fingerprint density at radius 2 is 2.00 bits per heavy atom. The van der Waals surface area contributed by atoms with Crippen LogP contribution in [0.1, 0.15) is 5.89 Å². The maximum absolute atomic E-state index is 5.87. The highest BCUT2D eigenvalue weighted by Gasteiger charge is 2.10. The fourth-order valence-corrected chi connectivity index (χ4v) is 2.26. The number of aromatic nitrogens is 1. The molecule has 5 heteroatoms. The van der Waals surface area contributed by atoms with Crippen LogP contribution in [0.2, 0.25) is 0 Å². The molecule has 1 heterocycles.